The van der Waals surface area contributed by atoms with Crippen molar-refractivity contribution in [3.63, 3.8) is 0 Å². The molecule has 17 heavy (non-hydrogen) atoms. The summed E-state index contributed by atoms with van der Waals surface area (Å²) < 4.78 is 0. The molecule has 0 aromatic carbocycles. The summed E-state index contributed by atoms with van der Waals surface area (Å²) in [6.45, 7) is 3.74. The molecule has 6 nitrogen and oxygen atoms in total. The van der Waals surface area contributed by atoms with E-state index in [4.69, 9.17) is 11.5 Å². The highest BCUT2D eigenvalue weighted by Gasteiger charge is 2.09. The molecule has 4 N–H and O–H groups in total. The summed E-state index contributed by atoms with van der Waals surface area (Å²) >= 11 is 0. The van der Waals surface area contributed by atoms with E-state index in [0.29, 0.717) is 12.4 Å². The fourth-order valence-electron chi connectivity index (χ4n) is 1.49. The average Bonchev–Trinajstić information content (AvgIpc) is 2.28. The first-order chi connectivity index (χ1) is 8.11. The third-order valence-electron chi connectivity index (χ3n) is 2.32. The molecule has 6 heteroatoms. The van der Waals surface area contributed by atoms with Crippen LogP contribution in [0.4, 0.5) is 5.82 Å². The molecular formula is C11H19N5O. The minimum Gasteiger partial charge on any atom is -0.382 e. The van der Waals surface area contributed by atoms with Crippen molar-refractivity contribution in [2.24, 2.45) is 5.73 Å². The number of unbranched alkanes of at least 4 members (excludes halogenated alkanes) is 1. The van der Waals surface area contributed by atoms with E-state index in [1.54, 1.807) is 6.20 Å². The molecule has 0 radical (unpaired) electrons. The molecule has 0 spiro atoms. The predicted octanol–water partition coefficient (Wildman–Crippen LogP) is 0.146. The number of carbonyl (C=O) groups excluding carboxylic acids is 1. The van der Waals surface area contributed by atoms with Crippen LogP contribution < -0.4 is 11.5 Å². The molecule has 1 aromatic heterocycles. The van der Waals surface area contributed by atoms with E-state index in [9.17, 15) is 4.79 Å². The van der Waals surface area contributed by atoms with Crippen molar-refractivity contribution in [2.45, 2.75) is 26.3 Å². The van der Waals surface area contributed by atoms with Gasteiger partial charge >= 0.3 is 0 Å². The maximum Gasteiger partial charge on any atom is 0.231 e. The highest BCUT2D eigenvalue weighted by molar-refractivity contribution is 5.75. The zero-order chi connectivity index (χ0) is 12.7. The molecule has 1 rings (SSSR count). The number of aromatic nitrogens is 2. The van der Waals surface area contributed by atoms with Crippen LogP contribution in [0, 0.1) is 0 Å². The predicted molar refractivity (Wildman–Crippen MR) is 65.8 cm³/mol. The topological polar surface area (TPSA) is 98.1 Å². The molecule has 0 aliphatic heterocycles. The summed E-state index contributed by atoms with van der Waals surface area (Å²) in [7, 11) is 0. The number of amides is 1. The largest absolute Gasteiger partial charge is 0.382 e. The Morgan fingerprint density at radius 3 is 2.71 bits per heavy atom. The fourth-order valence-corrected chi connectivity index (χ4v) is 1.49. The first kappa shape index (κ1) is 13.4. The lowest BCUT2D eigenvalue weighted by Gasteiger charge is -2.19. The van der Waals surface area contributed by atoms with Crippen LogP contribution in [0.1, 0.15) is 25.5 Å². The van der Waals surface area contributed by atoms with Crippen molar-refractivity contribution in [3.05, 3.63) is 18.1 Å². The maximum absolute atomic E-state index is 10.9. The number of nitrogen functional groups attached to an aromatic ring is 1. The van der Waals surface area contributed by atoms with Gasteiger partial charge in [0.2, 0.25) is 5.91 Å². The lowest BCUT2D eigenvalue weighted by molar-refractivity contribution is -0.119. The van der Waals surface area contributed by atoms with Crippen LogP contribution in [0.3, 0.4) is 0 Å². The summed E-state index contributed by atoms with van der Waals surface area (Å²) in [5.41, 5.74) is 11.5. The van der Waals surface area contributed by atoms with Crippen LogP contribution >= 0.6 is 0 Å². The van der Waals surface area contributed by atoms with Gasteiger partial charge in [-0.1, -0.05) is 13.3 Å². The third kappa shape index (κ3) is 5.26. The quantitative estimate of drug-likeness (QED) is 0.703. The second kappa shape index (κ2) is 6.80. The first-order valence-electron chi connectivity index (χ1n) is 5.69. The second-order valence-electron chi connectivity index (χ2n) is 3.96. The molecule has 1 aromatic rings. The zero-order valence-electron chi connectivity index (χ0n) is 10.1. The van der Waals surface area contributed by atoms with Crippen molar-refractivity contribution in [1.29, 1.82) is 0 Å². The Morgan fingerprint density at radius 1 is 1.41 bits per heavy atom. The lowest BCUT2D eigenvalue weighted by Crippen LogP contribution is -2.34. The number of rotatable bonds is 7. The Hall–Kier alpha value is -1.69. The molecule has 0 aliphatic carbocycles. The Labute approximate surface area is 101 Å². The van der Waals surface area contributed by atoms with Crippen LogP contribution in [0.5, 0.6) is 0 Å². The van der Waals surface area contributed by atoms with Crippen LogP contribution in [-0.4, -0.2) is 33.9 Å². The minimum atomic E-state index is -0.329. The standard InChI is InChI=1S/C11H19N5O/c1-2-3-4-16(8-11(13)17)7-9-5-15-10(12)6-14-9/h5-6H,2-4,7-8H2,1H3,(H2,12,15)(H2,13,17). The number of carbonyl (C=O) groups is 1. The number of primary amides is 1. The molecule has 0 unspecified atom stereocenters. The highest BCUT2D eigenvalue weighted by Crippen LogP contribution is 2.03. The Balaban J connectivity index is 2.57. The van der Waals surface area contributed by atoms with Gasteiger partial charge in [-0.3, -0.25) is 14.7 Å². The smallest absolute Gasteiger partial charge is 0.231 e. The molecule has 0 fully saturated rings. The van der Waals surface area contributed by atoms with Gasteiger partial charge in [0.25, 0.3) is 0 Å². The summed E-state index contributed by atoms with van der Waals surface area (Å²) in [5, 5.41) is 0. The monoisotopic (exact) mass is 237 g/mol. The van der Waals surface area contributed by atoms with E-state index < -0.39 is 0 Å². The van der Waals surface area contributed by atoms with Gasteiger partial charge in [-0.25, -0.2) is 4.98 Å². The summed E-state index contributed by atoms with van der Waals surface area (Å²) in [4.78, 5) is 21.0. The molecule has 0 saturated carbocycles. The first-order valence-corrected chi connectivity index (χ1v) is 5.69. The SMILES string of the molecule is CCCCN(CC(N)=O)Cc1cnc(N)cn1. The van der Waals surface area contributed by atoms with Crippen LogP contribution in [-0.2, 0) is 11.3 Å². The van der Waals surface area contributed by atoms with E-state index in [0.717, 1.165) is 25.1 Å². The molecular weight excluding hydrogens is 218 g/mol. The van der Waals surface area contributed by atoms with E-state index >= 15 is 0 Å². The second-order valence-corrected chi connectivity index (χ2v) is 3.96. The van der Waals surface area contributed by atoms with Crippen molar-refractivity contribution >= 4 is 11.7 Å². The molecule has 0 aliphatic rings. The fraction of sp³-hybridized carbons (Fsp3) is 0.545. The van der Waals surface area contributed by atoms with Gasteiger partial charge in [-0.05, 0) is 13.0 Å². The number of hydrogen-bond donors (Lipinski definition) is 2. The normalized spacial score (nSPS) is 10.7. The number of anilines is 1. The van der Waals surface area contributed by atoms with Crippen LogP contribution in [0.2, 0.25) is 0 Å². The van der Waals surface area contributed by atoms with Gasteiger partial charge in [-0.15, -0.1) is 0 Å². The van der Waals surface area contributed by atoms with Crippen molar-refractivity contribution in [3.8, 4) is 0 Å². The van der Waals surface area contributed by atoms with E-state index in [1.165, 1.54) is 6.20 Å². The Morgan fingerprint density at radius 2 is 2.18 bits per heavy atom. The van der Waals surface area contributed by atoms with Gasteiger partial charge in [0.15, 0.2) is 0 Å². The number of nitrogens with zero attached hydrogens (tertiary/aromatic N) is 3. The Kier molecular flexibility index (Phi) is 5.35. The van der Waals surface area contributed by atoms with Gasteiger partial charge in [0, 0.05) is 6.54 Å². The average molecular weight is 237 g/mol. The third-order valence-corrected chi connectivity index (χ3v) is 2.32. The summed E-state index contributed by atoms with van der Waals surface area (Å²) in [5.74, 6) is 0.0632. The molecule has 0 atom stereocenters. The molecule has 94 valence electrons. The summed E-state index contributed by atoms with van der Waals surface area (Å²) in [6, 6.07) is 0. The minimum absolute atomic E-state index is 0.242. The molecule has 1 amide bonds. The van der Waals surface area contributed by atoms with Gasteiger partial charge in [0.1, 0.15) is 5.82 Å². The van der Waals surface area contributed by atoms with Crippen molar-refractivity contribution in [1.82, 2.24) is 14.9 Å². The number of nitrogens with two attached hydrogens (primary N) is 2. The molecule has 1 heterocycles. The van der Waals surface area contributed by atoms with E-state index in [-0.39, 0.29) is 12.5 Å². The molecule has 0 saturated heterocycles. The molecule has 0 bridgehead atoms. The number of hydrogen-bond acceptors (Lipinski definition) is 5. The lowest BCUT2D eigenvalue weighted by atomic mass is 10.3. The zero-order valence-corrected chi connectivity index (χ0v) is 10.1. The Bertz CT molecular complexity index is 351. The van der Waals surface area contributed by atoms with Crippen molar-refractivity contribution < 1.29 is 4.79 Å². The van der Waals surface area contributed by atoms with Gasteiger partial charge in [0.05, 0.1) is 24.6 Å². The van der Waals surface area contributed by atoms with Gasteiger partial charge in [-0.2, -0.15) is 0 Å². The summed E-state index contributed by atoms with van der Waals surface area (Å²) in [6.07, 6.45) is 5.23. The van der Waals surface area contributed by atoms with Crippen LogP contribution in [0.15, 0.2) is 12.4 Å². The van der Waals surface area contributed by atoms with Crippen molar-refractivity contribution in [2.75, 3.05) is 18.8 Å². The van der Waals surface area contributed by atoms with E-state index in [2.05, 4.69) is 16.9 Å². The van der Waals surface area contributed by atoms with Crippen LogP contribution in [0.25, 0.3) is 0 Å². The highest BCUT2D eigenvalue weighted by atomic mass is 16.1. The maximum atomic E-state index is 10.9. The van der Waals surface area contributed by atoms with E-state index in [1.807, 2.05) is 4.90 Å². The van der Waals surface area contributed by atoms with Gasteiger partial charge < -0.3 is 11.5 Å².